The zero-order valence-electron chi connectivity index (χ0n) is 10.9. The Bertz CT molecular complexity index is 352. The summed E-state index contributed by atoms with van der Waals surface area (Å²) in [6.07, 6.45) is 2.19. The fraction of sp³-hybridized carbons (Fsp3) is 0.750. The van der Waals surface area contributed by atoms with Crippen LogP contribution in [0.25, 0.3) is 0 Å². The first-order chi connectivity index (χ1) is 7.87. The van der Waals surface area contributed by atoms with E-state index < -0.39 is 17.4 Å². The molecule has 5 heteroatoms. The van der Waals surface area contributed by atoms with Crippen LogP contribution in [0.2, 0.25) is 0 Å². The van der Waals surface area contributed by atoms with E-state index in [1.54, 1.807) is 0 Å². The Morgan fingerprint density at radius 3 is 2.35 bits per heavy atom. The Kier molecular flexibility index (Phi) is 3.91. The summed E-state index contributed by atoms with van der Waals surface area (Å²) in [5, 5.41) is 2.27. The van der Waals surface area contributed by atoms with Crippen molar-refractivity contribution in [2.24, 2.45) is 11.3 Å². The second-order valence-electron chi connectivity index (χ2n) is 4.85. The fourth-order valence-electron chi connectivity index (χ4n) is 2.26. The van der Waals surface area contributed by atoms with Crippen LogP contribution in [-0.4, -0.2) is 29.8 Å². The number of urea groups is 1. The van der Waals surface area contributed by atoms with Gasteiger partial charge in [0, 0.05) is 7.05 Å². The lowest BCUT2D eigenvalue weighted by Gasteiger charge is -2.40. The van der Waals surface area contributed by atoms with Crippen LogP contribution in [0.3, 0.4) is 0 Å². The highest BCUT2D eigenvalue weighted by Gasteiger charge is 2.54. The van der Waals surface area contributed by atoms with E-state index in [1.165, 1.54) is 7.05 Å². The van der Waals surface area contributed by atoms with Crippen LogP contribution >= 0.6 is 0 Å². The molecule has 96 valence electrons. The molecule has 1 aliphatic rings. The molecule has 0 aromatic rings. The molecule has 1 fully saturated rings. The van der Waals surface area contributed by atoms with Crippen molar-refractivity contribution in [1.82, 2.24) is 10.2 Å². The average Bonchev–Trinajstić information content (AvgIpc) is 2.26. The summed E-state index contributed by atoms with van der Waals surface area (Å²) in [4.78, 5) is 36.7. The predicted octanol–water partition coefficient (Wildman–Crippen LogP) is 1.53. The van der Waals surface area contributed by atoms with Crippen LogP contribution in [0, 0.1) is 11.3 Å². The van der Waals surface area contributed by atoms with Gasteiger partial charge in [-0.25, -0.2) is 4.79 Å². The minimum atomic E-state index is -1.08. The van der Waals surface area contributed by atoms with E-state index in [9.17, 15) is 14.4 Å². The van der Waals surface area contributed by atoms with Crippen molar-refractivity contribution in [2.45, 2.75) is 40.0 Å². The molecular formula is C12H20N2O3. The summed E-state index contributed by atoms with van der Waals surface area (Å²) in [5.41, 5.74) is -1.08. The van der Waals surface area contributed by atoms with Crippen molar-refractivity contribution >= 4 is 17.8 Å². The van der Waals surface area contributed by atoms with Crippen LogP contribution in [-0.2, 0) is 9.59 Å². The van der Waals surface area contributed by atoms with Crippen molar-refractivity contribution in [3.8, 4) is 0 Å². The number of nitrogens with zero attached hydrogens (tertiary/aromatic N) is 1. The van der Waals surface area contributed by atoms with Gasteiger partial charge in [-0.2, -0.15) is 0 Å². The van der Waals surface area contributed by atoms with Crippen molar-refractivity contribution in [2.75, 3.05) is 7.05 Å². The Hall–Kier alpha value is -1.39. The predicted molar refractivity (Wildman–Crippen MR) is 63.1 cm³/mol. The monoisotopic (exact) mass is 240 g/mol. The molecule has 1 rings (SSSR count). The molecule has 0 saturated carbocycles. The second-order valence-corrected chi connectivity index (χ2v) is 4.85. The summed E-state index contributed by atoms with van der Waals surface area (Å²) in [6.45, 7) is 5.70. The molecule has 0 aromatic heterocycles. The summed E-state index contributed by atoms with van der Waals surface area (Å²) >= 11 is 0. The number of hydrogen-bond donors (Lipinski definition) is 1. The Labute approximate surface area is 102 Å². The van der Waals surface area contributed by atoms with Gasteiger partial charge in [-0.15, -0.1) is 0 Å². The molecule has 0 aromatic carbocycles. The largest absolute Gasteiger partial charge is 0.330 e. The molecule has 0 spiro atoms. The zero-order chi connectivity index (χ0) is 13.2. The van der Waals surface area contributed by atoms with Gasteiger partial charge in [-0.3, -0.25) is 19.8 Å². The number of rotatable bonds is 4. The quantitative estimate of drug-likeness (QED) is 0.758. The second kappa shape index (κ2) is 4.85. The van der Waals surface area contributed by atoms with Crippen molar-refractivity contribution in [1.29, 1.82) is 0 Å². The SMILES string of the molecule is CCCC[C@]1(C(C)C)C(=O)NC(=O)N(C)C1=O. The number of hydrogen-bond acceptors (Lipinski definition) is 3. The molecule has 1 N–H and O–H groups in total. The normalized spacial score (nSPS) is 25.5. The zero-order valence-corrected chi connectivity index (χ0v) is 10.9. The molecular weight excluding hydrogens is 220 g/mol. The Morgan fingerprint density at radius 2 is 1.88 bits per heavy atom. The number of carbonyl (C=O) groups is 3. The molecule has 0 radical (unpaired) electrons. The molecule has 4 amide bonds. The van der Waals surface area contributed by atoms with Crippen LogP contribution in [0.4, 0.5) is 4.79 Å². The Balaban J connectivity index is 3.13. The van der Waals surface area contributed by atoms with Crippen LogP contribution in [0.1, 0.15) is 40.0 Å². The number of imide groups is 2. The molecule has 1 heterocycles. The fourth-order valence-corrected chi connectivity index (χ4v) is 2.26. The highest BCUT2D eigenvalue weighted by Crippen LogP contribution is 2.37. The van der Waals surface area contributed by atoms with E-state index in [2.05, 4.69) is 5.32 Å². The molecule has 1 aliphatic heterocycles. The minimum absolute atomic E-state index is 0.128. The first kappa shape index (κ1) is 13.7. The minimum Gasteiger partial charge on any atom is -0.277 e. The maximum atomic E-state index is 12.3. The summed E-state index contributed by atoms with van der Waals surface area (Å²) < 4.78 is 0. The lowest BCUT2D eigenvalue weighted by atomic mass is 9.70. The van der Waals surface area contributed by atoms with E-state index in [1.807, 2.05) is 20.8 Å². The Morgan fingerprint density at radius 1 is 1.29 bits per heavy atom. The first-order valence-electron chi connectivity index (χ1n) is 6.01. The van der Waals surface area contributed by atoms with Gasteiger partial charge in [0.25, 0.3) is 0 Å². The highest BCUT2D eigenvalue weighted by molar-refractivity contribution is 6.19. The van der Waals surface area contributed by atoms with Crippen molar-refractivity contribution < 1.29 is 14.4 Å². The molecule has 1 atom stereocenters. The lowest BCUT2D eigenvalue weighted by Crippen LogP contribution is -2.64. The van der Waals surface area contributed by atoms with Crippen molar-refractivity contribution in [3.05, 3.63) is 0 Å². The number of nitrogens with one attached hydrogen (secondary N) is 1. The number of carbonyl (C=O) groups excluding carboxylic acids is 3. The molecule has 0 unspecified atom stereocenters. The average molecular weight is 240 g/mol. The lowest BCUT2D eigenvalue weighted by molar-refractivity contribution is -0.154. The molecule has 17 heavy (non-hydrogen) atoms. The van der Waals surface area contributed by atoms with Gasteiger partial charge >= 0.3 is 6.03 Å². The number of barbiturate groups is 1. The van der Waals surface area contributed by atoms with Gasteiger partial charge in [0.2, 0.25) is 11.8 Å². The van der Waals surface area contributed by atoms with Crippen LogP contribution in [0.5, 0.6) is 0 Å². The van der Waals surface area contributed by atoms with E-state index in [4.69, 9.17) is 0 Å². The summed E-state index contributed by atoms with van der Waals surface area (Å²) in [6, 6.07) is -0.632. The number of unbranched alkanes of at least 4 members (excludes halogenated alkanes) is 1. The highest BCUT2D eigenvalue weighted by atomic mass is 16.2. The van der Waals surface area contributed by atoms with Gasteiger partial charge in [-0.05, 0) is 12.3 Å². The van der Waals surface area contributed by atoms with Crippen molar-refractivity contribution in [3.63, 3.8) is 0 Å². The van der Waals surface area contributed by atoms with Gasteiger partial charge in [0.1, 0.15) is 5.41 Å². The van der Waals surface area contributed by atoms with Gasteiger partial charge in [0.05, 0.1) is 0 Å². The molecule has 0 bridgehead atoms. The summed E-state index contributed by atoms with van der Waals surface area (Å²) in [5.74, 6) is -0.958. The third kappa shape index (κ3) is 2.06. The third-order valence-corrected chi connectivity index (χ3v) is 3.53. The van der Waals surface area contributed by atoms with E-state index >= 15 is 0 Å². The van der Waals surface area contributed by atoms with Crippen LogP contribution < -0.4 is 5.32 Å². The smallest absolute Gasteiger partial charge is 0.277 e. The first-order valence-corrected chi connectivity index (χ1v) is 6.01. The topological polar surface area (TPSA) is 66.5 Å². The molecule has 0 aliphatic carbocycles. The maximum absolute atomic E-state index is 12.3. The van der Waals surface area contributed by atoms with Gasteiger partial charge in [0.15, 0.2) is 0 Å². The number of amides is 4. The standard InChI is InChI=1S/C12H20N2O3/c1-5-6-7-12(8(2)3)9(15)13-11(17)14(4)10(12)16/h8H,5-7H2,1-4H3,(H,13,15,17)/t12-/m0/s1. The molecule has 5 nitrogen and oxygen atoms in total. The van der Waals surface area contributed by atoms with Crippen LogP contribution in [0.15, 0.2) is 0 Å². The van der Waals surface area contributed by atoms with Gasteiger partial charge in [-0.1, -0.05) is 33.6 Å². The van der Waals surface area contributed by atoms with E-state index in [0.717, 1.165) is 17.7 Å². The maximum Gasteiger partial charge on any atom is 0.330 e. The van der Waals surface area contributed by atoms with E-state index in [0.29, 0.717) is 6.42 Å². The van der Waals surface area contributed by atoms with Gasteiger partial charge < -0.3 is 0 Å². The third-order valence-electron chi connectivity index (χ3n) is 3.53. The van der Waals surface area contributed by atoms with E-state index in [-0.39, 0.29) is 11.8 Å². The summed E-state index contributed by atoms with van der Waals surface area (Å²) in [7, 11) is 1.41. The molecule has 1 saturated heterocycles.